The van der Waals surface area contributed by atoms with Gasteiger partial charge in [0.1, 0.15) is 5.56 Å². The number of ether oxygens (including phenoxy) is 2. The molecule has 35 heavy (non-hydrogen) atoms. The lowest BCUT2D eigenvalue weighted by molar-refractivity contribution is -0.432. The molecule has 0 radical (unpaired) electrons. The first-order valence-electron chi connectivity index (χ1n) is 12.3. The van der Waals surface area contributed by atoms with Crippen molar-refractivity contribution < 1.29 is 38.6 Å². The van der Waals surface area contributed by atoms with Crippen LogP contribution in [-0.2, 0) is 18.8 Å². The van der Waals surface area contributed by atoms with Gasteiger partial charge in [0.2, 0.25) is 0 Å². The van der Waals surface area contributed by atoms with Crippen molar-refractivity contribution in [3.8, 4) is 0 Å². The maximum absolute atomic E-state index is 12.9. The van der Waals surface area contributed by atoms with Crippen molar-refractivity contribution in [1.29, 1.82) is 0 Å². The molecule has 2 saturated carbocycles. The van der Waals surface area contributed by atoms with Gasteiger partial charge in [0, 0.05) is 0 Å². The van der Waals surface area contributed by atoms with E-state index in [2.05, 4.69) is 9.37 Å². The quantitative estimate of drug-likeness (QED) is 0.112. The fourth-order valence-electron chi connectivity index (χ4n) is 4.98. The molecule has 0 heterocycles. The SMILES string of the molecule is O=C(OCCC1CCCCC1)c1ccc(SOOO)c(C(=O)OCCC2CCCCC2)c1[N+](=O)[O-]. The van der Waals surface area contributed by atoms with Gasteiger partial charge in [-0.15, -0.1) is 4.33 Å². The number of nitrogens with zero attached hydrogens (tertiary/aromatic N) is 1. The minimum atomic E-state index is -0.951. The Labute approximate surface area is 208 Å². The zero-order valence-corrected chi connectivity index (χ0v) is 20.6. The second-order valence-electron chi connectivity index (χ2n) is 9.18. The minimum absolute atomic E-state index is 0.0350. The average molecular weight is 512 g/mol. The van der Waals surface area contributed by atoms with Crippen molar-refractivity contribution in [2.45, 2.75) is 81.9 Å². The van der Waals surface area contributed by atoms with Crippen LogP contribution in [0, 0.1) is 22.0 Å². The molecule has 0 aromatic heterocycles. The van der Waals surface area contributed by atoms with Crippen molar-refractivity contribution in [1.82, 2.24) is 0 Å². The van der Waals surface area contributed by atoms with Crippen molar-refractivity contribution in [2.24, 2.45) is 11.8 Å². The van der Waals surface area contributed by atoms with Gasteiger partial charge < -0.3 is 9.47 Å². The number of hydrogen-bond acceptors (Lipinski definition) is 10. The van der Waals surface area contributed by atoms with Crippen molar-refractivity contribution in [2.75, 3.05) is 13.2 Å². The van der Waals surface area contributed by atoms with Crippen LogP contribution in [0.1, 0.15) is 97.8 Å². The Bertz CT molecular complexity index is 867. The normalized spacial score (nSPS) is 17.2. The van der Waals surface area contributed by atoms with Gasteiger partial charge in [0.05, 0.1) is 35.1 Å². The second kappa shape index (κ2) is 14.4. The van der Waals surface area contributed by atoms with Crippen LogP contribution in [0.3, 0.4) is 0 Å². The van der Waals surface area contributed by atoms with Gasteiger partial charge in [0.15, 0.2) is 5.56 Å². The van der Waals surface area contributed by atoms with Crippen LogP contribution in [0.15, 0.2) is 17.0 Å². The third-order valence-electron chi connectivity index (χ3n) is 6.87. The second-order valence-corrected chi connectivity index (χ2v) is 9.92. The van der Waals surface area contributed by atoms with Crippen LogP contribution in [0.25, 0.3) is 0 Å². The highest BCUT2D eigenvalue weighted by Gasteiger charge is 2.34. The molecule has 0 atom stereocenters. The van der Waals surface area contributed by atoms with E-state index in [1.54, 1.807) is 0 Å². The number of esters is 2. The highest BCUT2D eigenvalue weighted by molar-refractivity contribution is 7.94. The molecular formula is C24H33NO9S. The summed E-state index contributed by atoms with van der Waals surface area (Å²) in [5.74, 6) is -0.888. The molecule has 0 amide bonds. The molecular weight excluding hydrogens is 478 g/mol. The summed E-state index contributed by atoms with van der Waals surface area (Å²) in [5, 5.41) is 24.1. The first-order chi connectivity index (χ1) is 17.0. The number of carbonyl (C=O) groups excluding carboxylic acids is 2. The topological polar surface area (TPSA) is 134 Å². The van der Waals surface area contributed by atoms with Gasteiger partial charge in [-0.3, -0.25) is 10.1 Å². The highest BCUT2D eigenvalue weighted by atomic mass is 32.2. The van der Waals surface area contributed by atoms with Gasteiger partial charge >= 0.3 is 11.9 Å². The summed E-state index contributed by atoms with van der Waals surface area (Å²) >= 11 is 0.396. The third kappa shape index (κ3) is 8.16. The van der Waals surface area contributed by atoms with Gasteiger partial charge in [0.25, 0.3) is 5.69 Å². The number of nitro groups is 1. The fourth-order valence-corrected chi connectivity index (χ4v) is 5.47. The first-order valence-corrected chi connectivity index (χ1v) is 13.1. The van der Waals surface area contributed by atoms with Gasteiger partial charge in [-0.05, 0) is 36.8 Å². The summed E-state index contributed by atoms with van der Waals surface area (Å²) in [5.41, 5.74) is -1.50. The molecule has 0 spiro atoms. The van der Waals surface area contributed by atoms with Gasteiger partial charge in [-0.25, -0.2) is 14.8 Å². The first kappa shape index (κ1) is 27.4. The summed E-state index contributed by atoms with van der Waals surface area (Å²) in [6.07, 6.45) is 12.7. The van der Waals surface area contributed by atoms with Crippen LogP contribution >= 0.6 is 12.0 Å². The molecule has 1 N–H and O–H groups in total. The standard InChI is InChI=1S/C24H33NO9S/c26-23(31-15-13-17-7-3-1-4-8-17)19-11-12-20(35-34-33-30)21(22(19)25(28)29)24(27)32-16-14-18-9-5-2-6-10-18/h11-12,17-18,30H,1-10,13-16H2. The van der Waals surface area contributed by atoms with Crippen molar-refractivity contribution in [3.63, 3.8) is 0 Å². The maximum atomic E-state index is 12.9. The molecule has 3 rings (SSSR count). The highest BCUT2D eigenvalue weighted by Crippen LogP contribution is 2.35. The van der Waals surface area contributed by atoms with Crippen LogP contribution < -0.4 is 0 Å². The van der Waals surface area contributed by atoms with Crippen LogP contribution in [-0.4, -0.2) is 35.3 Å². The average Bonchev–Trinajstić information content (AvgIpc) is 2.87. The van der Waals surface area contributed by atoms with E-state index >= 15 is 0 Å². The summed E-state index contributed by atoms with van der Waals surface area (Å²) in [6.45, 7) is 0.262. The number of rotatable bonds is 12. The van der Waals surface area contributed by atoms with Crippen LogP contribution in [0.5, 0.6) is 0 Å². The molecule has 194 valence electrons. The molecule has 0 saturated heterocycles. The van der Waals surface area contributed by atoms with E-state index < -0.39 is 28.1 Å². The van der Waals surface area contributed by atoms with Crippen molar-refractivity contribution >= 4 is 29.7 Å². The summed E-state index contributed by atoms with van der Waals surface area (Å²) in [6, 6.07) is 2.50. The smallest absolute Gasteiger partial charge is 0.346 e. The predicted molar refractivity (Wildman–Crippen MR) is 127 cm³/mol. The van der Waals surface area contributed by atoms with E-state index in [0.29, 0.717) is 36.7 Å². The minimum Gasteiger partial charge on any atom is -0.462 e. The molecule has 0 unspecified atom stereocenters. The van der Waals surface area contributed by atoms with E-state index in [-0.39, 0.29) is 23.7 Å². The molecule has 11 heteroatoms. The fraction of sp³-hybridized carbons (Fsp3) is 0.667. The summed E-state index contributed by atoms with van der Waals surface area (Å²) in [7, 11) is 0. The van der Waals surface area contributed by atoms with E-state index in [0.717, 1.165) is 51.4 Å². The van der Waals surface area contributed by atoms with Crippen molar-refractivity contribution in [3.05, 3.63) is 33.4 Å². The Kier molecular flexibility index (Phi) is 11.2. The number of nitro benzene ring substituents is 1. The molecule has 2 fully saturated rings. The molecule has 0 bridgehead atoms. The largest absolute Gasteiger partial charge is 0.462 e. The van der Waals surface area contributed by atoms with Crippen LogP contribution in [0.2, 0.25) is 0 Å². The van der Waals surface area contributed by atoms with Gasteiger partial charge in [-0.2, -0.15) is 0 Å². The Morgan fingerprint density at radius 2 is 1.46 bits per heavy atom. The van der Waals surface area contributed by atoms with E-state index in [1.165, 1.54) is 25.0 Å². The number of carbonyl (C=O) groups is 2. The van der Waals surface area contributed by atoms with E-state index in [1.807, 2.05) is 0 Å². The molecule has 0 aliphatic heterocycles. The molecule has 2 aliphatic carbocycles. The Balaban J connectivity index is 1.73. The van der Waals surface area contributed by atoms with E-state index in [4.69, 9.17) is 14.7 Å². The lowest BCUT2D eigenvalue weighted by Gasteiger charge is -2.21. The summed E-state index contributed by atoms with van der Waals surface area (Å²) in [4.78, 5) is 36.8. The monoisotopic (exact) mass is 511 g/mol. The van der Waals surface area contributed by atoms with Crippen LogP contribution in [0.4, 0.5) is 5.69 Å². The zero-order chi connectivity index (χ0) is 25.0. The zero-order valence-electron chi connectivity index (χ0n) is 19.8. The molecule has 2 aliphatic rings. The molecule has 1 aromatic carbocycles. The Hall–Kier alpha value is -2.21. The number of benzene rings is 1. The molecule has 10 nitrogen and oxygen atoms in total. The van der Waals surface area contributed by atoms with E-state index in [9.17, 15) is 19.7 Å². The summed E-state index contributed by atoms with van der Waals surface area (Å²) < 4.78 is 15.1. The molecule has 1 aromatic rings. The number of hydrogen-bond donors (Lipinski definition) is 1. The maximum Gasteiger partial charge on any atom is 0.346 e. The lowest BCUT2D eigenvalue weighted by Crippen LogP contribution is -2.18. The Morgan fingerprint density at radius 1 is 0.914 bits per heavy atom. The Morgan fingerprint density at radius 3 is 1.97 bits per heavy atom. The third-order valence-corrected chi connectivity index (χ3v) is 7.52. The predicted octanol–water partition coefficient (Wildman–Crippen LogP) is 6.28. The lowest BCUT2D eigenvalue weighted by atomic mass is 9.87. The van der Waals surface area contributed by atoms with Gasteiger partial charge in [-0.1, -0.05) is 69.2 Å².